The molecule has 226 valence electrons. The first-order chi connectivity index (χ1) is 21.7. The van der Waals surface area contributed by atoms with Crippen LogP contribution in [0.25, 0.3) is 22.3 Å². The van der Waals surface area contributed by atoms with Crippen LogP contribution in [0, 0.1) is 6.92 Å². The number of hydrogen-bond donors (Lipinski definition) is 2. The van der Waals surface area contributed by atoms with Crippen molar-refractivity contribution in [3.63, 3.8) is 0 Å². The van der Waals surface area contributed by atoms with Crippen molar-refractivity contribution >= 4 is 34.2 Å². The highest BCUT2D eigenvalue weighted by molar-refractivity contribution is 7.99. The van der Waals surface area contributed by atoms with E-state index in [1.807, 2.05) is 43.3 Å². The van der Waals surface area contributed by atoms with E-state index in [9.17, 15) is 18.0 Å². The number of fused-ring (bicyclic) bond motifs is 3. The van der Waals surface area contributed by atoms with Crippen LogP contribution >= 0.6 is 11.8 Å². The second-order valence-corrected chi connectivity index (χ2v) is 13.2. The summed E-state index contributed by atoms with van der Waals surface area (Å²) in [7, 11) is -3.83. The van der Waals surface area contributed by atoms with Crippen LogP contribution in [-0.2, 0) is 21.3 Å². The van der Waals surface area contributed by atoms with Crippen LogP contribution in [0.5, 0.6) is 0 Å². The van der Waals surface area contributed by atoms with E-state index in [4.69, 9.17) is 9.88 Å². The van der Waals surface area contributed by atoms with Gasteiger partial charge in [-0.05, 0) is 81.8 Å². The van der Waals surface area contributed by atoms with E-state index in [2.05, 4.69) is 34.6 Å². The maximum Gasteiger partial charge on any atom is 0.407 e. The smallest absolute Gasteiger partial charge is 0.407 e. The predicted octanol–water partition coefficient (Wildman–Crippen LogP) is 6.71. The van der Waals surface area contributed by atoms with Crippen molar-refractivity contribution in [3.05, 3.63) is 131 Å². The molecule has 3 N–H and O–H groups in total. The first-order valence-electron chi connectivity index (χ1n) is 14.2. The number of ether oxygens (including phenoxy) is 1. The van der Waals surface area contributed by atoms with Gasteiger partial charge >= 0.3 is 6.09 Å². The number of carbonyl (C=O) groups excluding carboxylic acids is 2. The largest absolute Gasteiger partial charge is 0.449 e. The highest BCUT2D eigenvalue weighted by atomic mass is 32.2. The zero-order valence-corrected chi connectivity index (χ0v) is 25.9. The Kier molecular flexibility index (Phi) is 8.53. The maximum atomic E-state index is 13.1. The molecule has 1 heterocycles. The van der Waals surface area contributed by atoms with Crippen molar-refractivity contribution in [1.82, 2.24) is 10.3 Å². The van der Waals surface area contributed by atoms with Crippen LogP contribution in [0.1, 0.15) is 38.5 Å². The van der Waals surface area contributed by atoms with Gasteiger partial charge in [-0.3, -0.25) is 4.79 Å². The van der Waals surface area contributed by atoms with Crippen molar-refractivity contribution in [2.75, 3.05) is 6.61 Å². The van der Waals surface area contributed by atoms with Crippen LogP contribution < -0.4 is 10.5 Å². The molecule has 8 nitrogen and oxygen atoms in total. The summed E-state index contributed by atoms with van der Waals surface area (Å²) in [5, 5.41) is 8.72. The molecule has 0 unspecified atom stereocenters. The number of sulfonamides is 1. The Morgan fingerprint density at radius 1 is 0.933 bits per heavy atom. The lowest BCUT2D eigenvalue weighted by Gasteiger charge is -2.17. The Bertz CT molecular complexity index is 1980. The van der Waals surface area contributed by atoms with Gasteiger partial charge < -0.3 is 10.1 Å². The zero-order valence-electron chi connectivity index (χ0n) is 24.3. The minimum absolute atomic E-state index is 0.0174. The summed E-state index contributed by atoms with van der Waals surface area (Å²) in [4.78, 5) is 30.0. The fraction of sp³-hybridized carbons (Fsp3) is 0.114. The fourth-order valence-corrected chi connectivity index (χ4v) is 7.16. The highest BCUT2D eigenvalue weighted by Gasteiger charge is 2.29. The van der Waals surface area contributed by atoms with Crippen LogP contribution in [-0.4, -0.2) is 32.4 Å². The quantitative estimate of drug-likeness (QED) is 0.172. The molecule has 0 saturated carbocycles. The summed E-state index contributed by atoms with van der Waals surface area (Å²) >= 11 is 1.34. The first kappa shape index (κ1) is 30.3. The molecule has 5 aromatic rings. The second-order valence-electron chi connectivity index (χ2n) is 10.6. The minimum Gasteiger partial charge on any atom is -0.449 e. The molecule has 1 aromatic heterocycles. The van der Waals surface area contributed by atoms with E-state index in [1.165, 1.54) is 23.9 Å². The third-order valence-electron chi connectivity index (χ3n) is 7.76. The lowest BCUT2D eigenvalue weighted by Crippen LogP contribution is -2.26. The molecule has 45 heavy (non-hydrogen) atoms. The summed E-state index contributed by atoms with van der Waals surface area (Å²) < 4.78 is 29.3. The lowest BCUT2D eigenvalue weighted by atomic mass is 9.98. The minimum atomic E-state index is -3.83. The Morgan fingerprint density at radius 3 is 2.24 bits per heavy atom. The summed E-state index contributed by atoms with van der Waals surface area (Å²) in [6.07, 6.45) is 1.83. The Balaban J connectivity index is 1.25. The molecule has 1 amide bonds. The van der Waals surface area contributed by atoms with E-state index in [0.29, 0.717) is 10.6 Å². The molecule has 0 bridgehead atoms. The number of aryl methyl sites for hydroxylation is 1. The predicted molar refractivity (Wildman–Crippen MR) is 174 cm³/mol. The summed E-state index contributed by atoms with van der Waals surface area (Å²) in [5.74, 6) is -0.0638. The second kappa shape index (κ2) is 12.7. The van der Waals surface area contributed by atoms with E-state index in [-0.39, 0.29) is 24.0 Å². The van der Waals surface area contributed by atoms with Crippen LogP contribution in [0.4, 0.5) is 4.79 Å². The number of rotatable bonds is 9. The number of nitrogens with one attached hydrogen (secondary N) is 1. The molecule has 6 rings (SSSR count). The van der Waals surface area contributed by atoms with Gasteiger partial charge in [-0.2, -0.15) is 0 Å². The van der Waals surface area contributed by atoms with E-state index >= 15 is 0 Å². The number of amides is 1. The summed E-state index contributed by atoms with van der Waals surface area (Å²) in [6, 6.07) is 29.9. The van der Waals surface area contributed by atoms with E-state index in [0.717, 1.165) is 55.7 Å². The molecule has 0 fully saturated rings. The summed E-state index contributed by atoms with van der Waals surface area (Å²) in [6.45, 7) is 2.27. The first-order valence-corrected chi connectivity index (χ1v) is 16.5. The number of nitrogens with two attached hydrogens (primary N) is 1. The number of carbonyl (C=O) groups is 2. The van der Waals surface area contributed by atoms with Crippen molar-refractivity contribution < 1.29 is 22.7 Å². The normalized spacial score (nSPS) is 12.3. The number of benzene rings is 4. The van der Waals surface area contributed by atoms with Gasteiger partial charge in [-0.25, -0.2) is 23.3 Å². The average molecular weight is 636 g/mol. The third-order valence-corrected chi connectivity index (χ3v) is 10.0. The molecular formula is C35H29N3O5S2. The van der Waals surface area contributed by atoms with Crippen molar-refractivity contribution in [1.29, 1.82) is 0 Å². The summed E-state index contributed by atoms with van der Waals surface area (Å²) in [5.41, 5.74) is 8.28. The van der Waals surface area contributed by atoms with Crippen molar-refractivity contribution in [3.8, 4) is 22.3 Å². The van der Waals surface area contributed by atoms with Crippen LogP contribution in [0.15, 0.2) is 118 Å². The Labute approximate surface area is 265 Å². The maximum absolute atomic E-state index is 13.1. The van der Waals surface area contributed by atoms with Crippen molar-refractivity contribution in [2.45, 2.75) is 34.2 Å². The number of pyridine rings is 1. The topological polar surface area (TPSA) is 128 Å². The van der Waals surface area contributed by atoms with Crippen molar-refractivity contribution in [2.24, 2.45) is 5.14 Å². The number of nitrogens with zero attached hydrogens (tertiary/aromatic N) is 1. The van der Waals surface area contributed by atoms with Crippen LogP contribution in [0.3, 0.4) is 0 Å². The molecule has 0 spiro atoms. The number of alkyl carbamates (subject to hydrolysis) is 1. The zero-order chi connectivity index (χ0) is 31.6. The van der Waals surface area contributed by atoms with Gasteiger partial charge in [0.15, 0.2) is 6.29 Å². The average Bonchev–Trinajstić information content (AvgIpc) is 3.37. The molecule has 0 atom stereocenters. The number of aromatic nitrogens is 1. The Morgan fingerprint density at radius 2 is 1.60 bits per heavy atom. The molecule has 1 aliphatic rings. The monoisotopic (exact) mass is 635 g/mol. The number of hydrogen-bond acceptors (Lipinski definition) is 7. The standard InChI is InChI=1S/C35H29N3O5S2/c1-22-17-25(23-12-14-27(15-13-23)45(36,41)42)18-26(33(22)44-34-24(20-39)7-6-16-37-34)19-38-35(40)43-21-32-30-10-4-2-8-28(30)29-9-3-5-11-31(29)32/h2-18,20,32H,19,21H2,1H3,(H,38,40)(H2,36,41,42). The van der Waals surface area contributed by atoms with Gasteiger partial charge in [0.1, 0.15) is 11.6 Å². The van der Waals surface area contributed by atoms with Crippen LogP contribution in [0.2, 0.25) is 0 Å². The Hall–Kier alpha value is -4.77. The molecule has 0 radical (unpaired) electrons. The lowest BCUT2D eigenvalue weighted by molar-refractivity contribution is 0.112. The SMILES string of the molecule is Cc1cc(-c2ccc(S(N)(=O)=O)cc2)cc(CNC(=O)OCC2c3ccccc3-c3ccccc32)c1Sc1ncccc1C=O. The molecule has 0 aliphatic heterocycles. The third kappa shape index (κ3) is 6.39. The van der Waals surface area contributed by atoms with Gasteiger partial charge in [-0.15, -0.1) is 0 Å². The molecule has 10 heteroatoms. The highest BCUT2D eigenvalue weighted by Crippen LogP contribution is 2.44. The van der Waals surface area contributed by atoms with E-state index < -0.39 is 16.1 Å². The number of primary sulfonamides is 1. The molecule has 4 aromatic carbocycles. The van der Waals surface area contributed by atoms with Gasteiger partial charge in [0.25, 0.3) is 0 Å². The van der Waals surface area contributed by atoms with E-state index in [1.54, 1.807) is 30.5 Å². The fourth-order valence-electron chi connectivity index (χ4n) is 5.62. The van der Waals surface area contributed by atoms with Gasteiger partial charge in [-0.1, -0.05) is 78.5 Å². The van der Waals surface area contributed by atoms with Gasteiger partial charge in [0.05, 0.1) is 4.90 Å². The van der Waals surface area contributed by atoms with Gasteiger partial charge in [0, 0.05) is 29.1 Å². The van der Waals surface area contributed by atoms with Gasteiger partial charge in [0.2, 0.25) is 10.0 Å². The number of aldehydes is 1. The molecular weight excluding hydrogens is 607 g/mol. The molecule has 0 saturated heterocycles. The molecule has 1 aliphatic carbocycles.